The van der Waals surface area contributed by atoms with Crippen molar-refractivity contribution in [3.05, 3.63) is 59.7 Å². The van der Waals surface area contributed by atoms with Crippen molar-refractivity contribution in [3.63, 3.8) is 0 Å². The summed E-state index contributed by atoms with van der Waals surface area (Å²) in [6, 6.07) is 16.5. The first-order chi connectivity index (χ1) is 13.6. The van der Waals surface area contributed by atoms with Crippen molar-refractivity contribution in [2.75, 3.05) is 19.7 Å². The molecule has 1 unspecified atom stereocenters. The standard InChI is InChI=1S/C23H23NO4/c25-22(26)21-14-9-10-15(21)12-24(11-14)23(27)28-13-20-18-7-3-1-5-16(18)17-6-2-4-8-19(17)20/h1-8,14-15,20-21H,9-13H2,(H,25,26)/t14-,15+,21?. The summed E-state index contributed by atoms with van der Waals surface area (Å²) in [6.07, 6.45) is 1.45. The number of carboxylic acids is 1. The molecule has 5 rings (SSSR count). The maximum Gasteiger partial charge on any atom is 0.409 e. The van der Waals surface area contributed by atoms with Crippen molar-refractivity contribution >= 4 is 12.1 Å². The van der Waals surface area contributed by atoms with E-state index in [1.165, 1.54) is 22.3 Å². The van der Waals surface area contributed by atoms with Gasteiger partial charge >= 0.3 is 12.1 Å². The number of carboxylic acid groups (broad SMARTS) is 1. The first kappa shape index (κ1) is 17.3. The SMILES string of the molecule is O=C(O)C1[C@@H]2CC[C@H]1CN(C(=O)OCC1c3ccccc3-c3ccccc31)C2. The number of ether oxygens (including phenoxy) is 1. The maximum absolute atomic E-state index is 12.7. The number of fused-ring (bicyclic) bond motifs is 5. The van der Waals surface area contributed by atoms with E-state index in [9.17, 15) is 14.7 Å². The van der Waals surface area contributed by atoms with E-state index in [-0.39, 0.29) is 29.8 Å². The molecular formula is C23H23NO4. The second kappa shape index (κ2) is 6.66. The van der Waals surface area contributed by atoms with Gasteiger partial charge in [0.1, 0.15) is 6.61 Å². The highest BCUT2D eigenvalue weighted by Gasteiger charge is 2.47. The number of piperidine rings is 1. The Morgan fingerprint density at radius 3 is 2.00 bits per heavy atom. The van der Waals surface area contributed by atoms with Crippen LogP contribution < -0.4 is 0 Å². The summed E-state index contributed by atoms with van der Waals surface area (Å²) >= 11 is 0. The highest BCUT2D eigenvalue weighted by Crippen LogP contribution is 2.45. The third kappa shape index (κ3) is 2.68. The number of rotatable bonds is 3. The predicted octanol–water partition coefficient (Wildman–Crippen LogP) is 3.98. The summed E-state index contributed by atoms with van der Waals surface area (Å²) in [6.45, 7) is 1.29. The number of hydrogen-bond donors (Lipinski definition) is 1. The van der Waals surface area contributed by atoms with Gasteiger partial charge in [-0.2, -0.15) is 0 Å². The van der Waals surface area contributed by atoms with Gasteiger partial charge in [0.25, 0.3) is 0 Å². The van der Waals surface area contributed by atoms with Crippen LogP contribution in [0.1, 0.15) is 29.9 Å². The molecule has 2 aromatic carbocycles. The van der Waals surface area contributed by atoms with Crippen LogP contribution in [0.2, 0.25) is 0 Å². The molecule has 2 aliphatic carbocycles. The van der Waals surface area contributed by atoms with Crippen LogP contribution in [0.3, 0.4) is 0 Å². The number of amides is 1. The highest BCUT2D eigenvalue weighted by atomic mass is 16.6. The molecule has 3 atom stereocenters. The Morgan fingerprint density at radius 2 is 1.46 bits per heavy atom. The molecule has 2 fully saturated rings. The predicted molar refractivity (Wildman–Crippen MR) is 104 cm³/mol. The fraction of sp³-hybridized carbons (Fsp3) is 0.391. The molecule has 1 heterocycles. The molecule has 5 heteroatoms. The van der Waals surface area contributed by atoms with Crippen LogP contribution in [0.5, 0.6) is 0 Å². The number of carbonyl (C=O) groups is 2. The Morgan fingerprint density at radius 1 is 0.929 bits per heavy atom. The van der Waals surface area contributed by atoms with Gasteiger partial charge < -0.3 is 14.7 Å². The summed E-state index contributed by atoms with van der Waals surface area (Å²) in [4.78, 5) is 25.9. The lowest BCUT2D eigenvalue weighted by atomic mass is 9.85. The van der Waals surface area contributed by atoms with Gasteiger partial charge in [0.15, 0.2) is 0 Å². The van der Waals surface area contributed by atoms with Crippen molar-refractivity contribution in [1.82, 2.24) is 4.90 Å². The Hall–Kier alpha value is -2.82. The lowest BCUT2D eigenvalue weighted by molar-refractivity contribution is -0.146. The first-order valence-corrected chi connectivity index (χ1v) is 9.96. The van der Waals surface area contributed by atoms with Crippen LogP contribution in [0.25, 0.3) is 11.1 Å². The van der Waals surface area contributed by atoms with E-state index in [4.69, 9.17) is 4.74 Å². The molecule has 3 aliphatic rings. The number of likely N-dealkylation sites (tertiary alicyclic amines) is 1. The molecule has 0 aromatic heterocycles. The quantitative estimate of drug-likeness (QED) is 0.879. The van der Waals surface area contributed by atoms with Crippen LogP contribution in [0, 0.1) is 17.8 Å². The molecule has 1 N–H and O–H groups in total. The average Bonchev–Trinajstić information content (AvgIpc) is 3.17. The lowest BCUT2D eigenvalue weighted by Gasteiger charge is -2.35. The van der Waals surface area contributed by atoms with E-state index in [2.05, 4.69) is 24.3 Å². The zero-order chi connectivity index (χ0) is 19.3. The number of nitrogens with zero attached hydrogens (tertiary/aromatic N) is 1. The average molecular weight is 377 g/mol. The number of hydrogen-bond acceptors (Lipinski definition) is 3. The Kier molecular flexibility index (Phi) is 4.11. The minimum Gasteiger partial charge on any atom is -0.481 e. The molecule has 1 saturated heterocycles. The topological polar surface area (TPSA) is 66.8 Å². The van der Waals surface area contributed by atoms with Gasteiger partial charge in [0.05, 0.1) is 5.92 Å². The van der Waals surface area contributed by atoms with Gasteiger partial charge in [-0.15, -0.1) is 0 Å². The zero-order valence-electron chi connectivity index (χ0n) is 15.6. The van der Waals surface area contributed by atoms with Crippen LogP contribution in [-0.4, -0.2) is 41.8 Å². The molecule has 1 saturated carbocycles. The third-order valence-corrected chi connectivity index (χ3v) is 6.71. The number of aliphatic carboxylic acids is 1. The Labute approximate surface area is 163 Å². The van der Waals surface area contributed by atoms with Crippen molar-refractivity contribution in [3.8, 4) is 11.1 Å². The molecule has 0 spiro atoms. The van der Waals surface area contributed by atoms with Crippen molar-refractivity contribution in [1.29, 1.82) is 0 Å². The van der Waals surface area contributed by atoms with Gasteiger partial charge in [0.2, 0.25) is 0 Å². The lowest BCUT2D eigenvalue weighted by Crippen LogP contribution is -2.47. The van der Waals surface area contributed by atoms with Gasteiger partial charge in [-0.05, 0) is 46.9 Å². The monoisotopic (exact) mass is 377 g/mol. The van der Waals surface area contributed by atoms with Gasteiger partial charge in [-0.25, -0.2) is 4.79 Å². The molecule has 144 valence electrons. The molecule has 2 aromatic rings. The minimum absolute atomic E-state index is 0.0460. The van der Waals surface area contributed by atoms with Crippen molar-refractivity contribution < 1.29 is 19.4 Å². The Balaban J connectivity index is 1.30. The van der Waals surface area contributed by atoms with E-state index in [1.54, 1.807) is 4.90 Å². The Bertz CT molecular complexity index is 880. The summed E-state index contributed by atoms with van der Waals surface area (Å²) in [7, 11) is 0. The van der Waals surface area contributed by atoms with E-state index < -0.39 is 5.97 Å². The fourth-order valence-corrected chi connectivity index (χ4v) is 5.46. The molecule has 1 amide bonds. The molecule has 1 aliphatic heterocycles. The summed E-state index contributed by atoms with van der Waals surface area (Å²) in [5.74, 6) is -0.879. The van der Waals surface area contributed by atoms with Crippen LogP contribution in [0.4, 0.5) is 4.79 Å². The molecule has 0 radical (unpaired) electrons. The molecule has 28 heavy (non-hydrogen) atoms. The normalized spacial score (nSPS) is 25.3. The second-order valence-electron chi connectivity index (χ2n) is 8.17. The second-order valence-corrected chi connectivity index (χ2v) is 8.17. The number of benzene rings is 2. The summed E-state index contributed by atoms with van der Waals surface area (Å²) in [5.41, 5.74) is 4.81. The first-order valence-electron chi connectivity index (χ1n) is 9.96. The van der Waals surface area contributed by atoms with Crippen LogP contribution >= 0.6 is 0 Å². The van der Waals surface area contributed by atoms with Gasteiger partial charge in [-0.3, -0.25) is 4.79 Å². The zero-order valence-corrected chi connectivity index (χ0v) is 15.6. The van der Waals surface area contributed by atoms with E-state index in [1.807, 2.05) is 24.3 Å². The summed E-state index contributed by atoms with van der Waals surface area (Å²) < 4.78 is 5.74. The molecular weight excluding hydrogens is 354 g/mol. The smallest absolute Gasteiger partial charge is 0.409 e. The minimum atomic E-state index is -0.723. The van der Waals surface area contributed by atoms with E-state index in [0.717, 1.165) is 12.8 Å². The van der Waals surface area contributed by atoms with Gasteiger partial charge in [-0.1, -0.05) is 48.5 Å². The van der Waals surface area contributed by atoms with Crippen molar-refractivity contribution in [2.24, 2.45) is 17.8 Å². The fourth-order valence-electron chi connectivity index (χ4n) is 5.46. The van der Waals surface area contributed by atoms with E-state index in [0.29, 0.717) is 19.7 Å². The summed E-state index contributed by atoms with van der Waals surface area (Å²) in [5, 5.41) is 9.44. The van der Waals surface area contributed by atoms with Crippen LogP contribution in [-0.2, 0) is 9.53 Å². The van der Waals surface area contributed by atoms with E-state index >= 15 is 0 Å². The molecule has 2 bridgehead atoms. The van der Waals surface area contributed by atoms with Crippen LogP contribution in [0.15, 0.2) is 48.5 Å². The third-order valence-electron chi connectivity index (χ3n) is 6.71. The maximum atomic E-state index is 12.7. The van der Waals surface area contributed by atoms with Gasteiger partial charge in [0, 0.05) is 19.0 Å². The van der Waals surface area contributed by atoms with Crippen molar-refractivity contribution in [2.45, 2.75) is 18.8 Å². The highest BCUT2D eigenvalue weighted by molar-refractivity contribution is 5.79. The molecule has 5 nitrogen and oxygen atoms in total. The number of carbonyl (C=O) groups excluding carboxylic acids is 1. The largest absolute Gasteiger partial charge is 0.481 e.